The number of likely N-dealkylation sites (tertiary alicyclic amines) is 1. The average Bonchev–Trinajstić information content (AvgIpc) is 2.68. The van der Waals surface area contributed by atoms with E-state index in [0.29, 0.717) is 25.7 Å². The highest BCUT2D eigenvalue weighted by atomic mass is 127. The van der Waals surface area contributed by atoms with E-state index in [-0.39, 0.29) is 30.1 Å². The molecule has 8 heteroatoms. The summed E-state index contributed by atoms with van der Waals surface area (Å²) in [6.45, 7) is 6.37. The Labute approximate surface area is 185 Å². The van der Waals surface area contributed by atoms with E-state index >= 15 is 0 Å². The summed E-state index contributed by atoms with van der Waals surface area (Å²) in [6, 6.07) is 10.8. The number of carbonyl (C=O) groups is 1. The Hall–Kier alpha value is -1.55. The van der Waals surface area contributed by atoms with Crippen molar-refractivity contribution < 1.29 is 9.53 Å². The largest absolute Gasteiger partial charge is 0.450 e. The summed E-state index contributed by atoms with van der Waals surface area (Å²) in [5.74, 6) is 0.817. The zero-order valence-corrected chi connectivity index (χ0v) is 19.5. The molecule has 0 atom stereocenters. The molecule has 1 aromatic rings. The van der Waals surface area contributed by atoms with Gasteiger partial charge in [-0.15, -0.1) is 24.0 Å². The van der Waals surface area contributed by atoms with Crippen LogP contribution in [0.3, 0.4) is 0 Å². The lowest BCUT2D eigenvalue weighted by atomic mass is 10.1. The van der Waals surface area contributed by atoms with Crippen molar-refractivity contribution in [1.29, 1.82) is 0 Å². The zero-order valence-electron chi connectivity index (χ0n) is 17.2. The predicted octanol–water partition coefficient (Wildman–Crippen LogP) is 2.52. The number of likely N-dealkylation sites (N-methyl/N-ethyl adjacent to an activating group) is 1. The lowest BCUT2D eigenvalue weighted by molar-refractivity contribution is 0.0963. The van der Waals surface area contributed by atoms with Gasteiger partial charge in [0.05, 0.1) is 6.61 Å². The van der Waals surface area contributed by atoms with Gasteiger partial charge < -0.3 is 25.2 Å². The predicted molar refractivity (Wildman–Crippen MR) is 124 cm³/mol. The first-order valence-electron chi connectivity index (χ1n) is 9.73. The number of nitrogens with zero attached hydrogens (tertiary/aromatic N) is 3. The number of halogens is 1. The van der Waals surface area contributed by atoms with Crippen molar-refractivity contribution >= 4 is 36.0 Å². The summed E-state index contributed by atoms with van der Waals surface area (Å²) >= 11 is 0. The Morgan fingerprint density at radius 3 is 2.57 bits per heavy atom. The minimum Gasteiger partial charge on any atom is -0.450 e. The van der Waals surface area contributed by atoms with Crippen LogP contribution in [0.15, 0.2) is 35.3 Å². The van der Waals surface area contributed by atoms with Gasteiger partial charge in [-0.2, -0.15) is 0 Å². The number of hydrogen-bond donors (Lipinski definition) is 2. The Bertz CT molecular complexity index is 592. The summed E-state index contributed by atoms with van der Waals surface area (Å²) < 4.78 is 5.06. The minimum atomic E-state index is -0.208. The van der Waals surface area contributed by atoms with Gasteiger partial charge in [0, 0.05) is 45.8 Å². The third-order valence-electron chi connectivity index (χ3n) is 4.67. The van der Waals surface area contributed by atoms with Gasteiger partial charge >= 0.3 is 6.09 Å². The highest BCUT2D eigenvalue weighted by Crippen LogP contribution is 2.11. The number of carbonyl (C=O) groups excluding carboxylic acids is 1. The van der Waals surface area contributed by atoms with Crippen LogP contribution in [-0.2, 0) is 11.3 Å². The molecular weight excluding hydrogens is 469 g/mol. The monoisotopic (exact) mass is 503 g/mol. The highest BCUT2D eigenvalue weighted by molar-refractivity contribution is 14.0. The maximum absolute atomic E-state index is 11.8. The number of hydrogen-bond acceptors (Lipinski definition) is 4. The maximum atomic E-state index is 11.8. The minimum absolute atomic E-state index is 0. The van der Waals surface area contributed by atoms with E-state index < -0.39 is 0 Å². The van der Waals surface area contributed by atoms with E-state index in [1.54, 1.807) is 11.9 Å². The Balaban J connectivity index is 0.00000392. The number of benzene rings is 1. The number of guanidine groups is 1. The Kier molecular flexibility index (Phi) is 11.9. The van der Waals surface area contributed by atoms with Crippen molar-refractivity contribution in [1.82, 2.24) is 20.4 Å². The molecule has 0 aromatic heterocycles. The van der Waals surface area contributed by atoms with Gasteiger partial charge in [-0.25, -0.2) is 4.79 Å². The number of rotatable bonds is 7. The molecule has 1 aromatic carbocycles. The zero-order chi connectivity index (χ0) is 19.5. The van der Waals surface area contributed by atoms with Crippen molar-refractivity contribution in [3.05, 3.63) is 35.9 Å². The molecule has 2 N–H and O–H groups in total. The molecule has 158 valence electrons. The summed E-state index contributed by atoms with van der Waals surface area (Å²) in [4.78, 5) is 20.1. The molecule has 1 aliphatic rings. The molecule has 0 aliphatic carbocycles. The van der Waals surface area contributed by atoms with Crippen LogP contribution in [0.5, 0.6) is 0 Å². The van der Waals surface area contributed by atoms with E-state index in [9.17, 15) is 4.79 Å². The smallest absolute Gasteiger partial charge is 0.409 e. The molecule has 0 spiro atoms. The summed E-state index contributed by atoms with van der Waals surface area (Å²) in [5, 5.41) is 6.84. The van der Waals surface area contributed by atoms with Crippen LogP contribution < -0.4 is 10.6 Å². The van der Waals surface area contributed by atoms with E-state index in [0.717, 1.165) is 38.4 Å². The first kappa shape index (κ1) is 24.5. The number of amides is 1. The first-order chi connectivity index (χ1) is 13.1. The van der Waals surface area contributed by atoms with Crippen LogP contribution in [0.4, 0.5) is 4.79 Å². The Morgan fingerprint density at radius 2 is 1.96 bits per heavy atom. The van der Waals surface area contributed by atoms with E-state index in [1.165, 1.54) is 5.56 Å². The normalized spacial score (nSPS) is 15.1. The van der Waals surface area contributed by atoms with E-state index in [2.05, 4.69) is 51.8 Å². The number of ether oxygens (including phenoxy) is 1. The van der Waals surface area contributed by atoms with Gasteiger partial charge in [0.25, 0.3) is 0 Å². The topological polar surface area (TPSA) is 69.2 Å². The van der Waals surface area contributed by atoms with Gasteiger partial charge in [0.1, 0.15) is 0 Å². The molecule has 7 nitrogen and oxygen atoms in total. The number of aliphatic imine (C=N–C) groups is 1. The second-order valence-corrected chi connectivity index (χ2v) is 6.83. The fourth-order valence-electron chi connectivity index (χ4n) is 3.15. The molecule has 0 saturated carbocycles. The van der Waals surface area contributed by atoms with E-state index in [4.69, 9.17) is 4.74 Å². The van der Waals surface area contributed by atoms with Gasteiger partial charge in [-0.1, -0.05) is 30.3 Å². The Morgan fingerprint density at radius 1 is 1.29 bits per heavy atom. The van der Waals surface area contributed by atoms with Crippen LogP contribution in [0.1, 0.15) is 25.3 Å². The van der Waals surface area contributed by atoms with Crippen LogP contribution in [0.25, 0.3) is 0 Å². The molecule has 28 heavy (non-hydrogen) atoms. The molecule has 1 saturated heterocycles. The third-order valence-corrected chi connectivity index (χ3v) is 4.67. The number of piperidine rings is 1. The second kappa shape index (κ2) is 13.6. The molecule has 2 rings (SSSR count). The van der Waals surface area contributed by atoms with Crippen molar-refractivity contribution in [2.45, 2.75) is 32.4 Å². The van der Waals surface area contributed by atoms with Gasteiger partial charge in [-0.3, -0.25) is 4.99 Å². The summed E-state index contributed by atoms with van der Waals surface area (Å²) in [6.07, 6.45) is 1.58. The average molecular weight is 503 g/mol. The molecule has 1 fully saturated rings. The fourth-order valence-corrected chi connectivity index (χ4v) is 3.15. The standard InChI is InChI=1S/C20H33N5O2.HI/c1-4-27-20(26)25-13-10-18(11-14-25)23-19(21-2)22-12-15-24(3)16-17-8-6-5-7-9-17;/h5-9,18H,4,10-16H2,1-3H3,(H2,21,22,23);1H. The molecule has 1 aliphatic heterocycles. The third kappa shape index (κ3) is 8.64. The van der Waals surface area contributed by atoms with Crippen molar-refractivity contribution in [2.75, 3.05) is 46.9 Å². The van der Waals surface area contributed by atoms with E-state index in [1.807, 2.05) is 13.0 Å². The lowest BCUT2D eigenvalue weighted by Gasteiger charge is -2.32. The molecule has 1 amide bonds. The quantitative estimate of drug-likeness (QED) is 0.340. The molecule has 1 heterocycles. The first-order valence-corrected chi connectivity index (χ1v) is 9.73. The summed E-state index contributed by atoms with van der Waals surface area (Å²) in [7, 11) is 3.91. The van der Waals surface area contributed by atoms with Crippen molar-refractivity contribution in [3.8, 4) is 0 Å². The van der Waals surface area contributed by atoms with Crippen LogP contribution in [0.2, 0.25) is 0 Å². The van der Waals surface area contributed by atoms with Crippen molar-refractivity contribution in [3.63, 3.8) is 0 Å². The molecule has 0 bridgehead atoms. The molecule has 0 unspecified atom stereocenters. The van der Waals surface area contributed by atoms with Crippen molar-refractivity contribution in [2.24, 2.45) is 4.99 Å². The van der Waals surface area contributed by atoms with Crippen LogP contribution in [0, 0.1) is 0 Å². The highest BCUT2D eigenvalue weighted by Gasteiger charge is 2.23. The second-order valence-electron chi connectivity index (χ2n) is 6.83. The van der Waals surface area contributed by atoms with Gasteiger partial charge in [0.15, 0.2) is 5.96 Å². The van der Waals surface area contributed by atoms with Crippen LogP contribution in [-0.4, -0.2) is 74.8 Å². The summed E-state index contributed by atoms with van der Waals surface area (Å²) in [5.41, 5.74) is 1.32. The molecule has 0 radical (unpaired) electrons. The fraction of sp³-hybridized carbons (Fsp3) is 0.600. The SMILES string of the molecule is CCOC(=O)N1CCC(NC(=NC)NCCN(C)Cc2ccccc2)CC1.I. The lowest BCUT2D eigenvalue weighted by Crippen LogP contribution is -2.50. The maximum Gasteiger partial charge on any atom is 0.409 e. The molecular formula is C20H34IN5O2. The van der Waals surface area contributed by atoms with Gasteiger partial charge in [-0.05, 0) is 32.4 Å². The number of nitrogens with one attached hydrogen (secondary N) is 2. The van der Waals surface area contributed by atoms with Gasteiger partial charge in [0.2, 0.25) is 0 Å². The van der Waals surface area contributed by atoms with Crippen LogP contribution >= 0.6 is 24.0 Å².